The molecule has 0 bridgehead atoms. The van der Waals surface area contributed by atoms with Gasteiger partial charge in [-0.05, 0) is 62.9 Å². The summed E-state index contributed by atoms with van der Waals surface area (Å²) in [5.41, 5.74) is 2.15. The van der Waals surface area contributed by atoms with Crippen LogP contribution in [0, 0.1) is 12.7 Å². The maximum Gasteiger partial charge on any atom is 0.253 e. The van der Waals surface area contributed by atoms with Crippen molar-refractivity contribution in [1.29, 1.82) is 0 Å². The maximum absolute atomic E-state index is 14.0. The molecule has 2 heterocycles. The second kappa shape index (κ2) is 7.77. The molecule has 0 spiro atoms. The first-order valence-corrected chi connectivity index (χ1v) is 9.46. The molecule has 1 saturated heterocycles. The number of aromatic nitrogens is 1. The number of aryl methyl sites for hydroxylation is 1. The van der Waals surface area contributed by atoms with Gasteiger partial charge in [-0.3, -0.25) is 9.78 Å². The molecular formula is C22H27FN2O2. The Bertz CT molecular complexity index is 829. The molecule has 5 heteroatoms. The molecule has 1 aliphatic heterocycles. The summed E-state index contributed by atoms with van der Waals surface area (Å²) in [5, 5.41) is 10.0. The summed E-state index contributed by atoms with van der Waals surface area (Å²) in [6.45, 7) is 6.20. The van der Waals surface area contributed by atoms with Crippen LogP contribution in [0.3, 0.4) is 0 Å². The molecule has 27 heavy (non-hydrogen) atoms. The lowest BCUT2D eigenvalue weighted by molar-refractivity contribution is -0.149. The molecule has 2 aromatic rings. The highest BCUT2D eigenvalue weighted by atomic mass is 19.1. The highest BCUT2D eigenvalue weighted by molar-refractivity contribution is 5.84. The van der Waals surface area contributed by atoms with Crippen LogP contribution in [0.4, 0.5) is 4.39 Å². The number of carbonyl (C=O) groups excluding carboxylic acids is 1. The molecule has 1 aliphatic rings. The quantitative estimate of drug-likeness (QED) is 0.895. The Morgan fingerprint density at radius 3 is 2.78 bits per heavy atom. The molecule has 0 unspecified atom stereocenters. The summed E-state index contributed by atoms with van der Waals surface area (Å²) in [6.07, 6.45) is 2.35. The van der Waals surface area contributed by atoms with Crippen molar-refractivity contribution in [3.05, 3.63) is 64.7 Å². The van der Waals surface area contributed by atoms with Gasteiger partial charge in [0.25, 0.3) is 5.91 Å². The van der Waals surface area contributed by atoms with Crippen molar-refractivity contribution >= 4 is 5.91 Å². The first-order chi connectivity index (χ1) is 12.7. The second-order valence-electron chi connectivity index (χ2n) is 7.96. The number of aliphatic hydroxyl groups is 1. The summed E-state index contributed by atoms with van der Waals surface area (Å²) < 4.78 is 14.0. The van der Waals surface area contributed by atoms with E-state index in [9.17, 15) is 14.3 Å². The molecule has 1 aromatic heterocycles. The van der Waals surface area contributed by atoms with Crippen molar-refractivity contribution in [2.24, 2.45) is 0 Å². The lowest BCUT2D eigenvalue weighted by Gasteiger charge is -2.35. The molecule has 4 nitrogen and oxygen atoms in total. The van der Waals surface area contributed by atoms with Gasteiger partial charge in [-0.1, -0.05) is 18.2 Å². The molecular weight excluding hydrogens is 343 g/mol. The average molecular weight is 370 g/mol. The number of hydrogen-bond acceptors (Lipinski definition) is 3. The molecule has 3 rings (SSSR count). The van der Waals surface area contributed by atoms with E-state index in [4.69, 9.17) is 0 Å². The van der Waals surface area contributed by atoms with Crippen LogP contribution in [0.1, 0.15) is 55.1 Å². The third kappa shape index (κ3) is 4.72. The van der Waals surface area contributed by atoms with Gasteiger partial charge in [0.2, 0.25) is 0 Å². The van der Waals surface area contributed by atoms with Crippen molar-refractivity contribution < 1.29 is 14.3 Å². The van der Waals surface area contributed by atoms with Crippen LogP contribution in [0.15, 0.2) is 36.4 Å². The van der Waals surface area contributed by atoms with E-state index >= 15 is 0 Å². The molecule has 1 atom stereocenters. The Morgan fingerprint density at radius 2 is 2.07 bits per heavy atom. The van der Waals surface area contributed by atoms with Gasteiger partial charge in [0.15, 0.2) is 0 Å². The number of rotatable bonds is 4. The molecule has 1 amide bonds. The average Bonchev–Trinajstić information content (AvgIpc) is 2.62. The van der Waals surface area contributed by atoms with Crippen molar-refractivity contribution in [3.8, 4) is 0 Å². The Labute approximate surface area is 160 Å². The molecule has 1 N–H and O–H groups in total. The van der Waals surface area contributed by atoms with E-state index in [1.807, 2.05) is 25.1 Å². The summed E-state index contributed by atoms with van der Waals surface area (Å²) in [6, 6.07) is 10.8. The van der Waals surface area contributed by atoms with E-state index in [1.165, 1.54) is 19.9 Å². The fraction of sp³-hybridized carbons (Fsp3) is 0.455. The van der Waals surface area contributed by atoms with Crippen molar-refractivity contribution in [1.82, 2.24) is 9.88 Å². The van der Waals surface area contributed by atoms with E-state index < -0.39 is 5.60 Å². The number of halogens is 1. The minimum Gasteiger partial charge on any atom is -0.381 e. The standard InChI is InChI=1S/C22H27FN2O2/c1-15-11-16(12-17-7-4-5-9-19(17)23)13-20(24-15)18-8-6-10-25(14-18)21(26)22(2,3)27/h4-5,7,9,11,13,18,27H,6,8,10,12,14H2,1-3H3/t18-/m1/s1. The third-order valence-electron chi connectivity index (χ3n) is 5.04. The van der Waals surface area contributed by atoms with Crippen molar-refractivity contribution in [2.45, 2.75) is 51.6 Å². The molecule has 0 saturated carbocycles. The summed E-state index contributed by atoms with van der Waals surface area (Å²) in [7, 11) is 0. The van der Waals surface area contributed by atoms with Crippen LogP contribution < -0.4 is 0 Å². The molecule has 0 radical (unpaired) electrons. The number of benzene rings is 1. The lowest BCUT2D eigenvalue weighted by Crippen LogP contribution is -2.48. The number of amides is 1. The van der Waals surface area contributed by atoms with E-state index in [0.29, 0.717) is 25.1 Å². The van der Waals surface area contributed by atoms with E-state index in [-0.39, 0.29) is 17.6 Å². The molecule has 1 fully saturated rings. The Balaban J connectivity index is 1.81. The van der Waals surface area contributed by atoms with Gasteiger partial charge < -0.3 is 10.0 Å². The zero-order valence-electron chi connectivity index (χ0n) is 16.2. The van der Waals surface area contributed by atoms with Crippen LogP contribution >= 0.6 is 0 Å². The number of carbonyl (C=O) groups is 1. The summed E-state index contributed by atoms with van der Waals surface area (Å²) in [4.78, 5) is 18.8. The van der Waals surface area contributed by atoms with Crippen LogP contribution in [-0.4, -0.2) is 39.6 Å². The third-order valence-corrected chi connectivity index (χ3v) is 5.04. The number of pyridine rings is 1. The topological polar surface area (TPSA) is 53.4 Å². The van der Waals surface area contributed by atoms with Crippen LogP contribution in [0.2, 0.25) is 0 Å². The Kier molecular flexibility index (Phi) is 5.61. The lowest BCUT2D eigenvalue weighted by atomic mass is 9.91. The zero-order valence-corrected chi connectivity index (χ0v) is 16.2. The smallest absolute Gasteiger partial charge is 0.253 e. The fourth-order valence-electron chi connectivity index (χ4n) is 3.73. The van der Waals surface area contributed by atoms with Gasteiger partial charge in [-0.2, -0.15) is 0 Å². The molecule has 144 valence electrons. The maximum atomic E-state index is 14.0. The fourth-order valence-corrected chi connectivity index (χ4v) is 3.73. The second-order valence-corrected chi connectivity index (χ2v) is 7.96. The predicted octanol–water partition coefficient (Wildman–Crippen LogP) is 3.60. The van der Waals surface area contributed by atoms with Crippen molar-refractivity contribution in [2.75, 3.05) is 13.1 Å². The SMILES string of the molecule is Cc1cc(Cc2ccccc2F)cc([C@@H]2CCCN(C(=O)C(C)(C)O)C2)n1. The van der Waals surface area contributed by atoms with Gasteiger partial charge in [0.1, 0.15) is 11.4 Å². The predicted molar refractivity (Wildman–Crippen MR) is 103 cm³/mol. The monoisotopic (exact) mass is 370 g/mol. The minimum absolute atomic E-state index is 0.129. The Morgan fingerprint density at radius 1 is 1.33 bits per heavy atom. The minimum atomic E-state index is -1.36. The van der Waals surface area contributed by atoms with Crippen molar-refractivity contribution in [3.63, 3.8) is 0 Å². The molecule has 1 aromatic carbocycles. The number of likely N-dealkylation sites (tertiary alicyclic amines) is 1. The summed E-state index contributed by atoms with van der Waals surface area (Å²) >= 11 is 0. The van der Waals surface area contributed by atoms with Gasteiger partial charge in [0.05, 0.1) is 0 Å². The Hall–Kier alpha value is -2.27. The number of nitrogens with zero attached hydrogens (tertiary/aromatic N) is 2. The van der Waals surface area contributed by atoms with Gasteiger partial charge in [-0.15, -0.1) is 0 Å². The first-order valence-electron chi connectivity index (χ1n) is 9.46. The van der Waals surface area contributed by atoms with Gasteiger partial charge >= 0.3 is 0 Å². The van der Waals surface area contributed by atoms with E-state index in [0.717, 1.165) is 29.8 Å². The van der Waals surface area contributed by atoms with E-state index in [1.54, 1.807) is 17.0 Å². The largest absolute Gasteiger partial charge is 0.381 e. The highest BCUT2D eigenvalue weighted by Gasteiger charge is 2.33. The number of piperidine rings is 1. The van der Waals surface area contributed by atoms with Crippen LogP contribution in [-0.2, 0) is 11.2 Å². The number of hydrogen-bond donors (Lipinski definition) is 1. The van der Waals surface area contributed by atoms with E-state index in [2.05, 4.69) is 4.98 Å². The van der Waals surface area contributed by atoms with Crippen LogP contribution in [0.25, 0.3) is 0 Å². The normalized spacial score (nSPS) is 17.8. The zero-order chi connectivity index (χ0) is 19.6. The van der Waals surface area contributed by atoms with Gasteiger partial charge in [-0.25, -0.2) is 4.39 Å². The first kappa shape index (κ1) is 19.5. The molecule has 0 aliphatic carbocycles. The summed E-state index contributed by atoms with van der Waals surface area (Å²) in [5.74, 6) is -0.316. The van der Waals surface area contributed by atoms with Crippen LogP contribution in [0.5, 0.6) is 0 Å². The highest BCUT2D eigenvalue weighted by Crippen LogP contribution is 2.28. The van der Waals surface area contributed by atoms with Gasteiger partial charge in [0, 0.05) is 36.8 Å².